The fourth-order valence-corrected chi connectivity index (χ4v) is 2.18. The maximum Gasteiger partial charge on any atom is 0.308 e. The van der Waals surface area contributed by atoms with Crippen molar-refractivity contribution in [2.75, 3.05) is 6.54 Å². The number of carboxylic acids is 1. The monoisotopic (exact) mass is 319 g/mol. The summed E-state index contributed by atoms with van der Waals surface area (Å²) >= 11 is 0. The molecule has 0 aliphatic rings. The lowest BCUT2D eigenvalue weighted by Gasteiger charge is -2.11. The van der Waals surface area contributed by atoms with Crippen molar-refractivity contribution in [2.45, 2.75) is 19.8 Å². The molecule has 1 amide bonds. The Kier molecular flexibility index (Phi) is 5.46. The van der Waals surface area contributed by atoms with Crippen LogP contribution in [0.2, 0.25) is 0 Å². The predicted molar refractivity (Wildman–Crippen MR) is 82.3 cm³/mol. The first-order valence-electron chi connectivity index (χ1n) is 7.33. The summed E-state index contributed by atoms with van der Waals surface area (Å²) in [5.41, 5.74) is 1.42. The highest BCUT2D eigenvalue weighted by atomic mass is 19.1. The lowest BCUT2D eigenvalue weighted by molar-refractivity contribution is -0.141. The van der Waals surface area contributed by atoms with Crippen LogP contribution in [0.5, 0.6) is 0 Å². The molecule has 122 valence electrons. The smallest absolute Gasteiger partial charge is 0.308 e. The Morgan fingerprint density at radius 2 is 2.04 bits per heavy atom. The number of nitrogens with zero attached hydrogens (tertiary/aromatic N) is 1. The molecule has 0 saturated carbocycles. The van der Waals surface area contributed by atoms with E-state index in [-0.39, 0.29) is 18.1 Å². The van der Waals surface area contributed by atoms with Gasteiger partial charge >= 0.3 is 5.97 Å². The molecule has 1 heterocycles. The number of carbonyl (C=O) groups excluding carboxylic acids is 1. The first kappa shape index (κ1) is 16.7. The summed E-state index contributed by atoms with van der Waals surface area (Å²) < 4.78 is 12.9. The zero-order valence-corrected chi connectivity index (χ0v) is 12.7. The molecule has 7 heteroatoms. The molecular weight excluding hydrogens is 301 g/mol. The zero-order chi connectivity index (χ0) is 16.8. The Bertz CT molecular complexity index is 682. The minimum atomic E-state index is -0.927. The van der Waals surface area contributed by atoms with Crippen molar-refractivity contribution in [1.82, 2.24) is 15.5 Å². The molecule has 1 unspecified atom stereocenters. The third-order valence-corrected chi connectivity index (χ3v) is 3.46. The van der Waals surface area contributed by atoms with Crippen LogP contribution >= 0.6 is 0 Å². The minimum Gasteiger partial charge on any atom is -0.481 e. The van der Waals surface area contributed by atoms with E-state index in [9.17, 15) is 14.0 Å². The van der Waals surface area contributed by atoms with E-state index < -0.39 is 17.8 Å². The fraction of sp³-hybridized carbons (Fsp3) is 0.312. The first-order valence-corrected chi connectivity index (χ1v) is 7.33. The molecule has 0 bridgehead atoms. The quantitative estimate of drug-likeness (QED) is 0.730. The third kappa shape index (κ3) is 4.38. The number of H-pyrrole nitrogens is 1. The Balaban J connectivity index is 2.01. The Morgan fingerprint density at radius 1 is 1.35 bits per heavy atom. The topological polar surface area (TPSA) is 95.1 Å². The standard InChI is InChI=1S/C16H18FN3O3/c1-2-3-11(16(22)23)9-18-15(21)14-8-13(19-20-14)10-4-6-12(17)7-5-10/h4-8,11H,2-3,9H2,1H3,(H,18,21)(H,19,20)(H,22,23). The van der Waals surface area contributed by atoms with Gasteiger partial charge in [0.1, 0.15) is 11.5 Å². The number of rotatable bonds is 7. The zero-order valence-electron chi connectivity index (χ0n) is 12.7. The van der Waals surface area contributed by atoms with Gasteiger partial charge in [-0.1, -0.05) is 13.3 Å². The summed E-state index contributed by atoms with van der Waals surface area (Å²) in [6, 6.07) is 7.29. The highest BCUT2D eigenvalue weighted by Crippen LogP contribution is 2.18. The lowest BCUT2D eigenvalue weighted by Crippen LogP contribution is -2.33. The number of carbonyl (C=O) groups is 2. The largest absolute Gasteiger partial charge is 0.481 e. The van der Waals surface area contributed by atoms with Crippen LogP contribution in [-0.2, 0) is 4.79 Å². The number of aromatic amines is 1. The molecule has 0 fully saturated rings. The maximum atomic E-state index is 12.9. The number of hydrogen-bond donors (Lipinski definition) is 3. The summed E-state index contributed by atoms with van der Waals surface area (Å²) in [5.74, 6) is -2.31. The van der Waals surface area contributed by atoms with Crippen LogP contribution in [0.1, 0.15) is 30.3 Å². The van der Waals surface area contributed by atoms with Gasteiger partial charge < -0.3 is 10.4 Å². The normalized spacial score (nSPS) is 11.9. The van der Waals surface area contributed by atoms with Crippen LogP contribution in [0.15, 0.2) is 30.3 Å². The van der Waals surface area contributed by atoms with Crippen molar-refractivity contribution >= 4 is 11.9 Å². The van der Waals surface area contributed by atoms with Gasteiger partial charge in [0.25, 0.3) is 5.91 Å². The van der Waals surface area contributed by atoms with E-state index in [1.807, 2.05) is 6.92 Å². The van der Waals surface area contributed by atoms with Crippen LogP contribution in [0, 0.1) is 11.7 Å². The summed E-state index contributed by atoms with van der Waals surface area (Å²) in [6.45, 7) is 1.95. The molecular formula is C16H18FN3O3. The second-order valence-electron chi connectivity index (χ2n) is 5.21. The van der Waals surface area contributed by atoms with E-state index in [0.29, 0.717) is 17.7 Å². The Morgan fingerprint density at radius 3 is 2.65 bits per heavy atom. The van der Waals surface area contributed by atoms with E-state index in [1.165, 1.54) is 18.2 Å². The van der Waals surface area contributed by atoms with Gasteiger partial charge in [0.15, 0.2) is 0 Å². The van der Waals surface area contributed by atoms with E-state index in [2.05, 4.69) is 15.5 Å². The SMILES string of the molecule is CCCC(CNC(=O)c1cc(-c2ccc(F)cc2)n[nH]1)C(=O)O. The molecule has 23 heavy (non-hydrogen) atoms. The summed E-state index contributed by atoms with van der Waals surface area (Å²) in [7, 11) is 0. The molecule has 3 N–H and O–H groups in total. The molecule has 1 aromatic carbocycles. The molecule has 0 aliphatic heterocycles. The molecule has 6 nitrogen and oxygen atoms in total. The van der Waals surface area contributed by atoms with Crippen molar-refractivity contribution in [2.24, 2.45) is 5.92 Å². The molecule has 2 rings (SSSR count). The number of halogens is 1. The Labute approximate surface area is 132 Å². The lowest BCUT2D eigenvalue weighted by atomic mass is 10.0. The number of nitrogens with one attached hydrogen (secondary N) is 2. The number of aliphatic carboxylic acids is 1. The van der Waals surface area contributed by atoms with Crippen LogP contribution in [0.25, 0.3) is 11.3 Å². The van der Waals surface area contributed by atoms with Crippen LogP contribution in [0.4, 0.5) is 4.39 Å². The van der Waals surface area contributed by atoms with Gasteiger partial charge in [-0.15, -0.1) is 0 Å². The molecule has 2 aromatic rings. The van der Waals surface area contributed by atoms with Gasteiger partial charge in [0.05, 0.1) is 11.6 Å². The average Bonchev–Trinajstić information content (AvgIpc) is 3.01. The summed E-state index contributed by atoms with van der Waals surface area (Å²) in [6.07, 6.45) is 1.23. The van der Waals surface area contributed by atoms with Crippen molar-refractivity contribution in [3.05, 3.63) is 41.8 Å². The van der Waals surface area contributed by atoms with Crippen molar-refractivity contribution in [3.63, 3.8) is 0 Å². The summed E-state index contributed by atoms with van der Waals surface area (Å²) in [5, 5.41) is 18.3. The number of aromatic nitrogens is 2. The van der Waals surface area contributed by atoms with E-state index >= 15 is 0 Å². The molecule has 1 atom stereocenters. The van der Waals surface area contributed by atoms with Gasteiger partial charge in [-0.3, -0.25) is 14.7 Å². The number of benzene rings is 1. The van der Waals surface area contributed by atoms with Gasteiger partial charge in [-0.2, -0.15) is 5.10 Å². The number of hydrogen-bond acceptors (Lipinski definition) is 3. The maximum absolute atomic E-state index is 12.9. The van der Waals surface area contributed by atoms with E-state index in [4.69, 9.17) is 5.11 Å². The number of carboxylic acid groups (broad SMARTS) is 1. The molecule has 0 aliphatic carbocycles. The fourth-order valence-electron chi connectivity index (χ4n) is 2.18. The number of amides is 1. The van der Waals surface area contributed by atoms with Gasteiger partial charge in [-0.25, -0.2) is 4.39 Å². The molecule has 1 aromatic heterocycles. The van der Waals surface area contributed by atoms with Gasteiger partial charge in [-0.05, 0) is 36.8 Å². The highest BCUT2D eigenvalue weighted by molar-refractivity contribution is 5.93. The third-order valence-electron chi connectivity index (χ3n) is 3.46. The predicted octanol–water partition coefficient (Wildman–Crippen LogP) is 2.45. The van der Waals surface area contributed by atoms with Crippen molar-refractivity contribution in [3.8, 4) is 11.3 Å². The van der Waals surface area contributed by atoms with Gasteiger partial charge in [0, 0.05) is 12.1 Å². The van der Waals surface area contributed by atoms with Crippen molar-refractivity contribution in [1.29, 1.82) is 0 Å². The molecule has 0 spiro atoms. The highest BCUT2D eigenvalue weighted by Gasteiger charge is 2.18. The Hall–Kier alpha value is -2.70. The van der Waals surface area contributed by atoms with Crippen LogP contribution < -0.4 is 5.32 Å². The first-order chi connectivity index (χ1) is 11.0. The van der Waals surface area contributed by atoms with Crippen molar-refractivity contribution < 1.29 is 19.1 Å². The van der Waals surface area contributed by atoms with Gasteiger partial charge in [0.2, 0.25) is 0 Å². The van der Waals surface area contributed by atoms with E-state index in [0.717, 1.165) is 6.42 Å². The minimum absolute atomic E-state index is 0.0624. The van der Waals surface area contributed by atoms with Crippen LogP contribution in [0.3, 0.4) is 0 Å². The second-order valence-corrected chi connectivity index (χ2v) is 5.21. The average molecular weight is 319 g/mol. The van der Waals surface area contributed by atoms with E-state index in [1.54, 1.807) is 12.1 Å². The summed E-state index contributed by atoms with van der Waals surface area (Å²) in [4.78, 5) is 23.1. The second kappa shape index (κ2) is 7.53. The molecule has 0 saturated heterocycles. The molecule has 0 radical (unpaired) electrons. The van der Waals surface area contributed by atoms with Crippen LogP contribution in [-0.4, -0.2) is 33.7 Å².